The van der Waals surface area contributed by atoms with Crippen LogP contribution in [0.3, 0.4) is 0 Å². The van der Waals surface area contributed by atoms with Gasteiger partial charge in [0.25, 0.3) is 0 Å². The molecule has 0 saturated carbocycles. The first-order chi connectivity index (χ1) is 7.13. The molecule has 5 heteroatoms. The average molecular weight is 204 g/mol. The van der Waals surface area contributed by atoms with E-state index in [-0.39, 0.29) is 11.2 Å². The molecule has 2 N–H and O–H groups in total. The molecule has 1 aromatic heterocycles. The molecule has 1 aromatic rings. The Morgan fingerprint density at radius 1 is 1.67 bits per heavy atom. The number of hydrogen-bond acceptors (Lipinski definition) is 4. The van der Waals surface area contributed by atoms with E-state index >= 15 is 0 Å². The summed E-state index contributed by atoms with van der Waals surface area (Å²) >= 11 is 0. The van der Waals surface area contributed by atoms with Crippen molar-refractivity contribution in [3.05, 3.63) is 22.6 Å². The van der Waals surface area contributed by atoms with Gasteiger partial charge in [0.1, 0.15) is 6.07 Å². The minimum absolute atomic E-state index is 0.00894. The van der Waals surface area contributed by atoms with Crippen molar-refractivity contribution in [2.45, 2.75) is 26.2 Å². The van der Waals surface area contributed by atoms with Crippen molar-refractivity contribution in [1.29, 1.82) is 10.7 Å². The van der Waals surface area contributed by atoms with Crippen LogP contribution in [0.5, 0.6) is 0 Å². The van der Waals surface area contributed by atoms with Crippen LogP contribution in [0.2, 0.25) is 0 Å². The average Bonchev–Trinajstić information content (AvgIpc) is 2.23. The van der Waals surface area contributed by atoms with Gasteiger partial charge in [-0.2, -0.15) is 9.99 Å². The lowest BCUT2D eigenvalue weighted by molar-refractivity contribution is 0.153. The minimum Gasteiger partial charge on any atom is -0.427 e. The standard InChI is InChI=1S/C10H12N4O/c1-6-2-3-9-7(4-6)13-8(5-11)10(12)14(9)15/h6,12,15H,2-4H2,1H3/t6-/m1/s1. The maximum Gasteiger partial charge on any atom is 0.197 e. The molecule has 0 spiro atoms. The van der Waals surface area contributed by atoms with Gasteiger partial charge in [-0.1, -0.05) is 6.92 Å². The lowest BCUT2D eigenvalue weighted by Crippen LogP contribution is -2.30. The van der Waals surface area contributed by atoms with Crippen molar-refractivity contribution < 1.29 is 5.21 Å². The zero-order valence-electron chi connectivity index (χ0n) is 8.49. The van der Waals surface area contributed by atoms with Crippen molar-refractivity contribution in [1.82, 2.24) is 9.71 Å². The highest BCUT2D eigenvalue weighted by Crippen LogP contribution is 2.22. The summed E-state index contributed by atoms with van der Waals surface area (Å²) in [5, 5.41) is 25.9. The van der Waals surface area contributed by atoms with Gasteiger partial charge in [-0.15, -0.1) is 0 Å². The fraction of sp³-hybridized carbons (Fsp3) is 0.500. The number of fused-ring (bicyclic) bond motifs is 1. The Balaban J connectivity index is 2.64. The Hall–Kier alpha value is -1.83. The molecule has 15 heavy (non-hydrogen) atoms. The minimum atomic E-state index is -0.217. The van der Waals surface area contributed by atoms with E-state index in [2.05, 4.69) is 11.9 Å². The van der Waals surface area contributed by atoms with Crippen LogP contribution in [0.1, 0.15) is 30.4 Å². The predicted molar refractivity (Wildman–Crippen MR) is 51.2 cm³/mol. The summed E-state index contributed by atoms with van der Waals surface area (Å²) in [5.41, 5.74) is 1.21. The molecule has 0 aromatic carbocycles. The summed E-state index contributed by atoms with van der Waals surface area (Å²) in [6.07, 6.45) is 2.48. The summed E-state index contributed by atoms with van der Waals surface area (Å²) in [7, 11) is 0. The second-order valence-corrected chi connectivity index (χ2v) is 3.97. The Morgan fingerprint density at radius 2 is 2.40 bits per heavy atom. The molecule has 0 radical (unpaired) electrons. The molecule has 0 unspecified atom stereocenters. The first-order valence-electron chi connectivity index (χ1n) is 4.92. The first-order valence-corrected chi connectivity index (χ1v) is 4.92. The molecule has 0 saturated heterocycles. The molecule has 1 aliphatic rings. The highest BCUT2D eigenvalue weighted by Gasteiger charge is 2.21. The number of nitriles is 1. The van der Waals surface area contributed by atoms with Gasteiger partial charge in [-0.3, -0.25) is 5.41 Å². The third-order valence-corrected chi connectivity index (χ3v) is 2.79. The van der Waals surface area contributed by atoms with Gasteiger partial charge < -0.3 is 5.21 Å². The van der Waals surface area contributed by atoms with Gasteiger partial charge in [-0.05, 0) is 25.2 Å². The first kappa shape index (κ1) is 9.71. The van der Waals surface area contributed by atoms with Crippen molar-refractivity contribution in [2.24, 2.45) is 5.92 Å². The third kappa shape index (κ3) is 1.48. The Morgan fingerprint density at radius 3 is 3.07 bits per heavy atom. The number of nitrogens with zero attached hydrogens (tertiary/aromatic N) is 3. The predicted octanol–water partition coefficient (Wildman–Crippen LogP) is 0.596. The molecule has 0 aliphatic heterocycles. The van der Waals surface area contributed by atoms with Crippen LogP contribution in [-0.4, -0.2) is 14.9 Å². The molecule has 78 valence electrons. The molecular weight excluding hydrogens is 192 g/mol. The molecule has 1 atom stereocenters. The van der Waals surface area contributed by atoms with Gasteiger partial charge in [-0.25, -0.2) is 4.98 Å². The van der Waals surface area contributed by atoms with Crippen molar-refractivity contribution in [2.75, 3.05) is 0 Å². The van der Waals surface area contributed by atoms with Crippen LogP contribution in [-0.2, 0) is 12.8 Å². The van der Waals surface area contributed by atoms with Crippen LogP contribution in [0.25, 0.3) is 0 Å². The zero-order chi connectivity index (χ0) is 11.0. The van der Waals surface area contributed by atoms with E-state index in [4.69, 9.17) is 10.7 Å². The Bertz CT molecular complexity index is 497. The summed E-state index contributed by atoms with van der Waals surface area (Å²) in [6, 6.07) is 1.82. The summed E-state index contributed by atoms with van der Waals surface area (Å²) in [6.45, 7) is 2.12. The second-order valence-electron chi connectivity index (χ2n) is 3.97. The lowest BCUT2D eigenvalue weighted by Gasteiger charge is -2.21. The monoisotopic (exact) mass is 204 g/mol. The van der Waals surface area contributed by atoms with Gasteiger partial charge >= 0.3 is 0 Å². The number of aromatic nitrogens is 2. The van der Waals surface area contributed by atoms with Gasteiger partial charge in [0.15, 0.2) is 11.2 Å². The third-order valence-electron chi connectivity index (χ3n) is 2.79. The molecular formula is C10H12N4O. The molecule has 5 nitrogen and oxygen atoms in total. The quantitative estimate of drug-likeness (QED) is 0.606. The normalized spacial score (nSPS) is 19.3. The fourth-order valence-electron chi connectivity index (χ4n) is 1.92. The van der Waals surface area contributed by atoms with E-state index in [9.17, 15) is 5.21 Å². The zero-order valence-corrected chi connectivity index (χ0v) is 8.49. The molecule has 0 fully saturated rings. The smallest absolute Gasteiger partial charge is 0.197 e. The molecule has 1 heterocycles. The lowest BCUT2D eigenvalue weighted by atomic mass is 9.91. The Kier molecular flexibility index (Phi) is 2.19. The number of nitrogens with one attached hydrogen (secondary N) is 1. The molecule has 0 amide bonds. The molecule has 1 aliphatic carbocycles. The van der Waals surface area contributed by atoms with E-state index < -0.39 is 0 Å². The Labute approximate surface area is 87.1 Å². The highest BCUT2D eigenvalue weighted by molar-refractivity contribution is 5.24. The maximum atomic E-state index is 9.68. The van der Waals surface area contributed by atoms with E-state index in [0.29, 0.717) is 11.6 Å². The molecule has 2 rings (SSSR count). The summed E-state index contributed by atoms with van der Waals surface area (Å²) < 4.78 is 0.798. The van der Waals surface area contributed by atoms with E-state index in [1.165, 1.54) is 0 Å². The van der Waals surface area contributed by atoms with E-state index in [0.717, 1.165) is 29.7 Å². The summed E-state index contributed by atoms with van der Waals surface area (Å²) in [4.78, 5) is 4.11. The van der Waals surface area contributed by atoms with Crippen LogP contribution < -0.4 is 5.49 Å². The van der Waals surface area contributed by atoms with Crippen LogP contribution >= 0.6 is 0 Å². The summed E-state index contributed by atoms with van der Waals surface area (Å²) in [5.74, 6) is 0.521. The SMILES string of the molecule is C[C@@H]1CCc2c(nc(C#N)c(=N)n2O)C1. The second kappa shape index (κ2) is 3.39. The van der Waals surface area contributed by atoms with Gasteiger partial charge in [0.2, 0.25) is 0 Å². The van der Waals surface area contributed by atoms with E-state index in [1.807, 2.05) is 6.07 Å². The fourth-order valence-corrected chi connectivity index (χ4v) is 1.92. The van der Waals surface area contributed by atoms with Gasteiger partial charge in [0.05, 0.1) is 11.4 Å². The molecule has 0 bridgehead atoms. The van der Waals surface area contributed by atoms with Gasteiger partial charge in [0, 0.05) is 0 Å². The van der Waals surface area contributed by atoms with E-state index in [1.54, 1.807) is 0 Å². The van der Waals surface area contributed by atoms with Crippen molar-refractivity contribution >= 4 is 0 Å². The maximum absolute atomic E-state index is 9.68. The number of rotatable bonds is 0. The largest absolute Gasteiger partial charge is 0.427 e. The van der Waals surface area contributed by atoms with Crippen LogP contribution in [0.15, 0.2) is 0 Å². The van der Waals surface area contributed by atoms with Crippen LogP contribution in [0, 0.1) is 22.7 Å². The number of hydrogen-bond donors (Lipinski definition) is 2. The van der Waals surface area contributed by atoms with Crippen molar-refractivity contribution in [3.63, 3.8) is 0 Å². The van der Waals surface area contributed by atoms with Crippen LogP contribution in [0.4, 0.5) is 0 Å². The highest BCUT2D eigenvalue weighted by atomic mass is 16.5. The topological polar surface area (TPSA) is 85.7 Å². The van der Waals surface area contributed by atoms with Crippen molar-refractivity contribution in [3.8, 4) is 6.07 Å².